The Balaban J connectivity index is 1.68. The number of thiophene rings is 1. The molecule has 1 aromatic heterocycles. The van der Waals surface area contributed by atoms with Crippen molar-refractivity contribution in [1.82, 2.24) is 10.2 Å². The molecule has 0 aliphatic carbocycles. The molecule has 0 radical (unpaired) electrons. The maximum Gasteiger partial charge on any atom is 0.355 e. The molecular formula is C18H23N3O4S2. The second kappa shape index (κ2) is 8.45. The Labute approximate surface area is 166 Å². The van der Waals surface area contributed by atoms with Crippen LogP contribution in [-0.2, 0) is 25.5 Å². The molecule has 0 aromatic carbocycles. The van der Waals surface area contributed by atoms with Gasteiger partial charge in [0.1, 0.15) is 17.1 Å². The first kappa shape index (κ1) is 19.9. The molecule has 0 saturated carbocycles. The third kappa shape index (κ3) is 4.20. The van der Waals surface area contributed by atoms with Crippen molar-refractivity contribution in [1.29, 1.82) is 0 Å². The Kier molecular flexibility index (Phi) is 6.23. The predicted molar refractivity (Wildman–Crippen MR) is 105 cm³/mol. The highest BCUT2D eigenvalue weighted by Gasteiger charge is 2.54. The Morgan fingerprint density at radius 3 is 2.85 bits per heavy atom. The number of nitrogens with one attached hydrogen (secondary N) is 1. The molecular weight excluding hydrogens is 386 g/mol. The zero-order chi connectivity index (χ0) is 19.6. The summed E-state index contributed by atoms with van der Waals surface area (Å²) < 4.78 is 5.32. The second-order valence-electron chi connectivity index (χ2n) is 6.86. The number of ether oxygens (including phenoxy) is 1. The molecule has 2 aliphatic heterocycles. The first-order valence-electron chi connectivity index (χ1n) is 8.78. The fourth-order valence-electron chi connectivity index (χ4n) is 2.93. The highest BCUT2D eigenvalue weighted by atomic mass is 32.2. The molecule has 9 heteroatoms. The number of amides is 2. The van der Waals surface area contributed by atoms with Crippen molar-refractivity contribution >= 4 is 40.9 Å². The molecule has 2 amide bonds. The fraction of sp³-hybridized carbons (Fsp3) is 0.500. The summed E-state index contributed by atoms with van der Waals surface area (Å²) >= 11 is 3.00. The quantitative estimate of drug-likeness (QED) is 0.517. The molecule has 27 heavy (non-hydrogen) atoms. The minimum Gasteiger partial charge on any atom is -0.461 e. The number of carbonyl (C=O) groups is 3. The van der Waals surface area contributed by atoms with Crippen molar-refractivity contribution in [2.75, 3.05) is 18.9 Å². The molecule has 3 N–H and O–H groups in total. The highest BCUT2D eigenvalue weighted by Crippen LogP contribution is 2.40. The molecule has 3 heterocycles. The van der Waals surface area contributed by atoms with E-state index in [-0.39, 0.29) is 48.4 Å². The van der Waals surface area contributed by atoms with E-state index in [0.29, 0.717) is 11.3 Å². The summed E-state index contributed by atoms with van der Waals surface area (Å²) in [7, 11) is 0. The minimum atomic E-state index is -0.630. The summed E-state index contributed by atoms with van der Waals surface area (Å²) in [6.07, 6.45) is 0.242. The van der Waals surface area contributed by atoms with Gasteiger partial charge in [-0.3, -0.25) is 14.5 Å². The first-order valence-corrected chi connectivity index (χ1v) is 10.7. The van der Waals surface area contributed by atoms with Crippen LogP contribution in [0.3, 0.4) is 0 Å². The van der Waals surface area contributed by atoms with E-state index in [9.17, 15) is 14.4 Å². The Morgan fingerprint density at radius 1 is 1.44 bits per heavy atom. The van der Waals surface area contributed by atoms with Crippen LogP contribution in [-0.4, -0.2) is 53.0 Å². The van der Waals surface area contributed by atoms with Crippen molar-refractivity contribution in [2.24, 2.45) is 11.7 Å². The number of rotatable bonds is 7. The summed E-state index contributed by atoms with van der Waals surface area (Å²) in [5.41, 5.74) is 6.71. The van der Waals surface area contributed by atoms with Gasteiger partial charge in [-0.2, -0.15) is 0 Å². The standard InChI is InChI=1S/C18H23N3O4S2/c1-10(2)8-25-18(24)15-11(7-19)9-27-17-14(16(23)21(15)17)20-13(22)6-12-4-3-5-26-12/h3-5,10,14,17H,6-9,19H2,1-2H3,(H,20,22)/t14-,17-/m1/s1. The molecule has 7 nitrogen and oxygen atoms in total. The van der Waals surface area contributed by atoms with Crippen LogP contribution in [0.2, 0.25) is 0 Å². The lowest BCUT2D eigenvalue weighted by Crippen LogP contribution is -2.70. The van der Waals surface area contributed by atoms with Gasteiger partial charge in [0.2, 0.25) is 5.91 Å². The molecule has 146 valence electrons. The van der Waals surface area contributed by atoms with Crippen molar-refractivity contribution in [3.63, 3.8) is 0 Å². The number of hydrogen-bond acceptors (Lipinski definition) is 7. The summed E-state index contributed by atoms with van der Waals surface area (Å²) in [6, 6.07) is 3.14. The van der Waals surface area contributed by atoms with Gasteiger partial charge in [0.25, 0.3) is 5.91 Å². The number of esters is 1. The summed E-state index contributed by atoms with van der Waals surface area (Å²) in [5.74, 6) is -0.288. The molecule has 1 aromatic rings. The minimum absolute atomic E-state index is 0.186. The van der Waals surface area contributed by atoms with Gasteiger partial charge in [-0.1, -0.05) is 19.9 Å². The lowest BCUT2D eigenvalue weighted by atomic mass is 10.0. The van der Waals surface area contributed by atoms with Crippen LogP contribution in [0.25, 0.3) is 0 Å². The molecule has 0 spiro atoms. The van der Waals surface area contributed by atoms with E-state index in [1.54, 1.807) is 0 Å². The number of β-lactam (4-membered cyclic amide) rings is 1. The van der Waals surface area contributed by atoms with Crippen molar-refractivity contribution in [2.45, 2.75) is 31.7 Å². The van der Waals surface area contributed by atoms with Crippen LogP contribution >= 0.6 is 23.1 Å². The average molecular weight is 410 g/mol. The van der Waals surface area contributed by atoms with Gasteiger partial charge in [0.05, 0.1) is 13.0 Å². The Hall–Kier alpha value is -1.84. The smallest absolute Gasteiger partial charge is 0.355 e. The zero-order valence-electron chi connectivity index (χ0n) is 15.3. The normalized spacial score (nSPS) is 21.8. The van der Waals surface area contributed by atoms with E-state index >= 15 is 0 Å². The van der Waals surface area contributed by atoms with E-state index in [4.69, 9.17) is 10.5 Å². The van der Waals surface area contributed by atoms with Gasteiger partial charge < -0.3 is 15.8 Å². The predicted octanol–water partition coefficient (Wildman–Crippen LogP) is 1.10. The van der Waals surface area contributed by atoms with Gasteiger partial charge in [-0.05, 0) is 22.9 Å². The van der Waals surface area contributed by atoms with Crippen LogP contribution in [0.5, 0.6) is 0 Å². The van der Waals surface area contributed by atoms with Crippen molar-refractivity contribution in [3.05, 3.63) is 33.7 Å². The van der Waals surface area contributed by atoms with Gasteiger partial charge in [0, 0.05) is 17.2 Å². The Bertz CT molecular complexity index is 761. The van der Waals surface area contributed by atoms with Gasteiger partial charge in [-0.15, -0.1) is 23.1 Å². The number of fused-ring (bicyclic) bond motifs is 1. The van der Waals surface area contributed by atoms with Crippen LogP contribution in [0.15, 0.2) is 28.8 Å². The van der Waals surface area contributed by atoms with E-state index in [1.807, 2.05) is 31.4 Å². The van der Waals surface area contributed by atoms with Crippen LogP contribution in [0, 0.1) is 5.92 Å². The van der Waals surface area contributed by atoms with E-state index in [1.165, 1.54) is 28.0 Å². The van der Waals surface area contributed by atoms with Crippen LogP contribution < -0.4 is 11.1 Å². The fourth-order valence-corrected chi connectivity index (χ4v) is 5.00. The average Bonchev–Trinajstić information content (AvgIpc) is 3.15. The van der Waals surface area contributed by atoms with Crippen LogP contribution in [0.1, 0.15) is 18.7 Å². The van der Waals surface area contributed by atoms with Gasteiger partial charge >= 0.3 is 5.97 Å². The highest BCUT2D eigenvalue weighted by molar-refractivity contribution is 8.00. The number of thioether (sulfide) groups is 1. The maximum absolute atomic E-state index is 12.7. The van der Waals surface area contributed by atoms with Gasteiger partial charge in [0.15, 0.2) is 0 Å². The molecule has 1 saturated heterocycles. The maximum atomic E-state index is 12.7. The van der Waals surface area contributed by atoms with Crippen molar-refractivity contribution < 1.29 is 19.1 Å². The molecule has 1 fully saturated rings. The molecule has 2 atom stereocenters. The largest absolute Gasteiger partial charge is 0.461 e. The molecule has 0 unspecified atom stereocenters. The van der Waals surface area contributed by atoms with Crippen molar-refractivity contribution in [3.8, 4) is 0 Å². The monoisotopic (exact) mass is 409 g/mol. The third-order valence-electron chi connectivity index (χ3n) is 4.27. The number of hydrogen-bond donors (Lipinski definition) is 2. The van der Waals surface area contributed by atoms with Gasteiger partial charge in [-0.25, -0.2) is 4.79 Å². The lowest BCUT2D eigenvalue weighted by molar-refractivity contribution is -0.153. The lowest BCUT2D eigenvalue weighted by Gasteiger charge is -2.49. The summed E-state index contributed by atoms with van der Waals surface area (Å²) in [4.78, 5) is 39.8. The summed E-state index contributed by atoms with van der Waals surface area (Å²) in [6.45, 7) is 4.35. The number of nitrogens with zero attached hydrogens (tertiary/aromatic N) is 1. The SMILES string of the molecule is CC(C)COC(=O)C1=C(CN)CS[C@@H]2[C@H](NC(=O)Cc3cccs3)C(=O)N12. The van der Waals surface area contributed by atoms with E-state index in [2.05, 4.69) is 5.32 Å². The third-order valence-corrected chi connectivity index (χ3v) is 6.48. The summed E-state index contributed by atoms with van der Waals surface area (Å²) in [5, 5.41) is 4.40. The topological polar surface area (TPSA) is 102 Å². The number of nitrogens with two attached hydrogens (primary N) is 1. The Morgan fingerprint density at radius 2 is 2.22 bits per heavy atom. The molecule has 3 rings (SSSR count). The first-order chi connectivity index (χ1) is 12.9. The molecule has 2 aliphatic rings. The zero-order valence-corrected chi connectivity index (χ0v) is 16.9. The molecule has 0 bridgehead atoms. The van der Waals surface area contributed by atoms with Crippen LogP contribution in [0.4, 0.5) is 0 Å². The van der Waals surface area contributed by atoms with E-state index < -0.39 is 12.0 Å². The van der Waals surface area contributed by atoms with E-state index in [0.717, 1.165) is 4.88 Å². The second-order valence-corrected chi connectivity index (χ2v) is 9.00. The number of carbonyl (C=O) groups excluding carboxylic acids is 3.